The third-order valence-corrected chi connectivity index (χ3v) is 2.78. The van der Waals surface area contributed by atoms with Gasteiger partial charge in [-0.1, -0.05) is 45.9 Å². The maximum Gasteiger partial charge on any atom is 0.134 e. The second-order valence-corrected chi connectivity index (χ2v) is 4.57. The number of carbonyl (C=O) groups is 1. The molecule has 0 atom stereocenters. The number of alkyl halides is 1. The van der Waals surface area contributed by atoms with E-state index in [1.165, 1.54) is 25.9 Å². The lowest BCUT2D eigenvalue weighted by Gasteiger charge is -2.01. The van der Waals surface area contributed by atoms with Crippen molar-refractivity contribution in [1.29, 1.82) is 5.26 Å². The largest absolute Gasteiger partial charge is 0.306 e. The van der Waals surface area contributed by atoms with E-state index in [9.17, 15) is 0 Å². The van der Waals surface area contributed by atoms with E-state index < -0.39 is 0 Å². The molecule has 0 spiro atoms. The monoisotopic (exact) mass is 340 g/mol. The average molecular weight is 341 g/mol. The molecule has 1 aliphatic heterocycles. The minimum absolute atomic E-state index is 0.111. The van der Waals surface area contributed by atoms with Gasteiger partial charge >= 0.3 is 0 Å². The van der Waals surface area contributed by atoms with Gasteiger partial charge in [0, 0.05) is 0 Å². The number of carbonyl (C=O) groups excluding carboxylic acids is 1. The Morgan fingerprint density at radius 2 is 1.61 bits per heavy atom. The first-order valence-electron chi connectivity index (χ1n) is 8.29. The molecule has 0 N–H and O–H groups in total. The zero-order valence-corrected chi connectivity index (χ0v) is 16.4. The number of hydrogen-bond donors (Lipinski definition) is 0. The summed E-state index contributed by atoms with van der Waals surface area (Å²) in [6.45, 7) is 12.6. The Hall–Kier alpha value is -1.37. The molecule has 1 aromatic carbocycles. The van der Waals surface area contributed by atoms with Gasteiger partial charge in [-0.15, -0.1) is 11.6 Å². The van der Waals surface area contributed by atoms with E-state index in [1.54, 1.807) is 0 Å². The van der Waals surface area contributed by atoms with E-state index in [0.29, 0.717) is 6.29 Å². The van der Waals surface area contributed by atoms with Crippen LogP contribution in [0.3, 0.4) is 0 Å². The summed E-state index contributed by atoms with van der Waals surface area (Å²) >= 11 is 4.82. The number of benzene rings is 1. The Labute approximate surface area is 148 Å². The van der Waals surface area contributed by atoms with E-state index >= 15 is 0 Å². The molecular formula is C19H33ClN2O. The van der Waals surface area contributed by atoms with E-state index in [-0.39, 0.29) is 5.88 Å². The van der Waals surface area contributed by atoms with Crippen molar-refractivity contribution in [3.63, 3.8) is 0 Å². The SMILES string of the molecule is CC.CC.CN1CCCC1.Cc1ccccc1C#N.O=CCCl. The van der Waals surface area contributed by atoms with Crippen LogP contribution in [-0.4, -0.2) is 37.2 Å². The smallest absolute Gasteiger partial charge is 0.134 e. The maximum absolute atomic E-state index is 9.04. The quantitative estimate of drug-likeness (QED) is 0.530. The van der Waals surface area contributed by atoms with Gasteiger partial charge in [0.2, 0.25) is 0 Å². The summed E-state index contributed by atoms with van der Waals surface area (Å²) in [6.07, 6.45) is 3.47. The van der Waals surface area contributed by atoms with Crippen LogP contribution in [0, 0.1) is 18.3 Å². The predicted molar refractivity (Wildman–Crippen MR) is 102 cm³/mol. The van der Waals surface area contributed by atoms with Crippen LogP contribution >= 0.6 is 11.6 Å². The van der Waals surface area contributed by atoms with Crippen LogP contribution in [0.15, 0.2) is 24.3 Å². The van der Waals surface area contributed by atoms with Gasteiger partial charge in [0.1, 0.15) is 6.29 Å². The highest BCUT2D eigenvalue weighted by Gasteiger charge is 2.03. The highest BCUT2D eigenvalue weighted by Crippen LogP contribution is 2.03. The molecule has 1 heterocycles. The molecule has 0 radical (unpaired) electrons. The van der Waals surface area contributed by atoms with Gasteiger partial charge in [0.15, 0.2) is 0 Å². The summed E-state index contributed by atoms with van der Waals surface area (Å²) in [5.41, 5.74) is 1.80. The average Bonchev–Trinajstić information content (AvgIpc) is 3.11. The maximum atomic E-state index is 9.04. The van der Waals surface area contributed by atoms with Gasteiger partial charge in [-0.05, 0) is 51.5 Å². The summed E-state index contributed by atoms with van der Waals surface area (Å²) in [7, 11) is 2.17. The molecule has 0 aliphatic carbocycles. The molecule has 0 amide bonds. The molecule has 1 fully saturated rings. The van der Waals surface area contributed by atoms with E-state index in [4.69, 9.17) is 21.7 Å². The molecular weight excluding hydrogens is 308 g/mol. The van der Waals surface area contributed by atoms with Gasteiger partial charge in [-0.25, -0.2) is 0 Å². The number of halogens is 1. The molecule has 0 unspecified atom stereocenters. The van der Waals surface area contributed by atoms with Gasteiger partial charge in [-0.3, -0.25) is 0 Å². The highest BCUT2D eigenvalue weighted by molar-refractivity contribution is 6.24. The van der Waals surface area contributed by atoms with Crippen LogP contribution in [0.5, 0.6) is 0 Å². The zero-order valence-electron chi connectivity index (χ0n) is 15.6. The summed E-state index contributed by atoms with van der Waals surface area (Å²) in [5, 5.41) is 8.47. The van der Waals surface area contributed by atoms with Gasteiger partial charge in [0.05, 0.1) is 17.5 Å². The van der Waals surface area contributed by atoms with Gasteiger partial charge in [-0.2, -0.15) is 5.26 Å². The molecule has 1 saturated heterocycles. The first kappa shape index (κ1) is 26.5. The second kappa shape index (κ2) is 22.9. The lowest BCUT2D eigenvalue weighted by atomic mass is 10.1. The van der Waals surface area contributed by atoms with Gasteiger partial charge < -0.3 is 9.69 Å². The topological polar surface area (TPSA) is 44.1 Å². The van der Waals surface area contributed by atoms with Crippen molar-refractivity contribution in [1.82, 2.24) is 4.90 Å². The number of hydrogen-bond acceptors (Lipinski definition) is 3. The van der Waals surface area contributed by atoms with Crippen LogP contribution in [0.2, 0.25) is 0 Å². The Bertz CT molecular complexity index is 397. The number of likely N-dealkylation sites (tertiary alicyclic amines) is 1. The highest BCUT2D eigenvalue weighted by atomic mass is 35.5. The molecule has 0 aromatic heterocycles. The van der Waals surface area contributed by atoms with Crippen LogP contribution in [-0.2, 0) is 4.79 Å². The van der Waals surface area contributed by atoms with Crippen LogP contribution in [0.25, 0.3) is 0 Å². The summed E-state index contributed by atoms with van der Waals surface area (Å²) in [5.74, 6) is 0.111. The zero-order chi connectivity index (χ0) is 18.5. The Kier molecular flexibility index (Phi) is 26.4. The van der Waals surface area contributed by atoms with Crippen molar-refractivity contribution in [3.05, 3.63) is 35.4 Å². The Balaban J connectivity index is -0.000000250. The number of aryl methyl sites for hydroxylation is 1. The van der Waals surface area contributed by atoms with Crippen LogP contribution in [0.1, 0.15) is 51.7 Å². The van der Waals surface area contributed by atoms with Crippen molar-refractivity contribution in [2.24, 2.45) is 0 Å². The number of nitriles is 1. The third-order valence-electron chi connectivity index (χ3n) is 2.66. The van der Waals surface area contributed by atoms with E-state index in [0.717, 1.165) is 11.1 Å². The van der Waals surface area contributed by atoms with Crippen LogP contribution < -0.4 is 0 Å². The molecule has 3 nitrogen and oxygen atoms in total. The first-order valence-corrected chi connectivity index (χ1v) is 8.83. The normalized spacial score (nSPS) is 11.6. The molecule has 2 rings (SSSR count). The Morgan fingerprint density at radius 3 is 1.83 bits per heavy atom. The number of aldehydes is 1. The molecule has 23 heavy (non-hydrogen) atoms. The fraction of sp³-hybridized carbons (Fsp3) is 0.579. The second-order valence-electron chi connectivity index (χ2n) is 4.26. The summed E-state index contributed by atoms with van der Waals surface area (Å²) in [4.78, 5) is 11.4. The predicted octanol–water partition coefficient (Wildman–Crippen LogP) is 5.06. The van der Waals surface area contributed by atoms with E-state index in [2.05, 4.69) is 18.0 Å². The first-order chi connectivity index (χ1) is 11.2. The van der Waals surface area contributed by atoms with Crippen molar-refractivity contribution < 1.29 is 4.79 Å². The molecule has 0 bridgehead atoms. The molecule has 4 heteroatoms. The molecule has 132 valence electrons. The number of nitrogens with zero attached hydrogens (tertiary/aromatic N) is 2. The fourth-order valence-electron chi connectivity index (χ4n) is 1.57. The molecule has 1 aliphatic rings. The minimum Gasteiger partial charge on any atom is -0.306 e. The van der Waals surface area contributed by atoms with Gasteiger partial charge in [0.25, 0.3) is 0 Å². The van der Waals surface area contributed by atoms with Crippen molar-refractivity contribution in [3.8, 4) is 6.07 Å². The summed E-state index contributed by atoms with van der Waals surface area (Å²) < 4.78 is 0. The van der Waals surface area contributed by atoms with Crippen molar-refractivity contribution >= 4 is 17.9 Å². The van der Waals surface area contributed by atoms with E-state index in [1.807, 2.05) is 58.9 Å². The third kappa shape index (κ3) is 18.6. The van der Waals surface area contributed by atoms with Crippen molar-refractivity contribution in [2.75, 3.05) is 26.0 Å². The Morgan fingerprint density at radius 1 is 1.17 bits per heavy atom. The van der Waals surface area contributed by atoms with Crippen LogP contribution in [0.4, 0.5) is 0 Å². The lowest BCUT2D eigenvalue weighted by molar-refractivity contribution is -0.105. The number of rotatable bonds is 1. The minimum atomic E-state index is 0.111. The summed E-state index contributed by atoms with van der Waals surface area (Å²) in [6, 6.07) is 9.63. The lowest BCUT2D eigenvalue weighted by Crippen LogP contribution is -2.10. The molecule has 1 aromatic rings. The van der Waals surface area contributed by atoms with Crippen molar-refractivity contribution in [2.45, 2.75) is 47.5 Å². The molecule has 0 saturated carbocycles. The fourth-order valence-corrected chi connectivity index (χ4v) is 1.57. The standard InChI is InChI=1S/C8H7N.C5H11N.C2H3ClO.2C2H6/c1-7-4-2-3-5-8(7)6-9;1-6-4-2-3-5-6;3-1-2-4;2*1-2/h2-5H,1H3;2-5H2,1H3;2H,1H2;2*1-2H3.